The van der Waals surface area contributed by atoms with Gasteiger partial charge in [0.25, 0.3) is 5.91 Å². The third-order valence-corrected chi connectivity index (χ3v) is 2.50. The van der Waals surface area contributed by atoms with Crippen molar-refractivity contribution in [3.63, 3.8) is 0 Å². The van der Waals surface area contributed by atoms with Crippen molar-refractivity contribution in [1.82, 2.24) is 0 Å². The van der Waals surface area contributed by atoms with Gasteiger partial charge in [0.2, 0.25) is 10.3 Å². The highest BCUT2D eigenvalue weighted by Crippen LogP contribution is 2.17. The average Bonchev–Trinajstić information content (AvgIpc) is 2.16. The van der Waals surface area contributed by atoms with E-state index in [0.29, 0.717) is 0 Å². The first-order valence-corrected chi connectivity index (χ1v) is 4.87. The number of carbonyl (C=O) groups excluding carboxylic acids is 1. The molecule has 1 aliphatic carbocycles. The molecule has 0 fully saturated rings. The Bertz CT molecular complexity index is 600. The molecule has 2 rings (SSSR count). The van der Waals surface area contributed by atoms with Crippen molar-refractivity contribution in [2.75, 3.05) is 0 Å². The first-order valence-electron chi connectivity index (χ1n) is 3.80. The third-order valence-electron chi connectivity index (χ3n) is 1.83. The maximum atomic E-state index is 13.1. The van der Waals surface area contributed by atoms with Crippen molar-refractivity contribution in [2.45, 2.75) is 0 Å². The molecular weight excluding hydrogens is 223 g/mol. The van der Waals surface area contributed by atoms with Gasteiger partial charge in [-0.1, -0.05) is 0 Å². The normalized spacial score (nSPS) is 19.1. The monoisotopic (exact) mass is 226 g/mol. The number of hydrogen-bond acceptors (Lipinski definition) is 4. The second-order valence-electron chi connectivity index (χ2n) is 2.71. The number of amides is 1. The largest absolute Gasteiger partial charge is 0.280 e. The average molecular weight is 226 g/mol. The third kappa shape index (κ3) is 1.57. The molecule has 0 aromatic heterocycles. The van der Waals surface area contributed by atoms with Gasteiger partial charge in [-0.15, -0.1) is 0 Å². The van der Waals surface area contributed by atoms with Crippen LogP contribution in [0.1, 0.15) is 0 Å². The van der Waals surface area contributed by atoms with Gasteiger partial charge < -0.3 is 0 Å². The molecular formula is C8H3FN2O3S. The summed E-state index contributed by atoms with van der Waals surface area (Å²) in [6, 6.07) is 0. The Balaban J connectivity index is 2.69. The summed E-state index contributed by atoms with van der Waals surface area (Å²) in [6.45, 7) is 0. The second-order valence-corrected chi connectivity index (χ2v) is 3.62. The first-order chi connectivity index (χ1) is 7.09. The Kier molecular flexibility index (Phi) is 2.16. The quantitative estimate of drug-likeness (QED) is 0.538. The van der Waals surface area contributed by atoms with Gasteiger partial charge in [0, 0.05) is 6.08 Å². The van der Waals surface area contributed by atoms with Crippen LogP contribution in [0.2, 0.25) is 0 Å². The molecule has 2 aliphatic rings. The Hall–Kier alpha value is -1.89. The molecule has 0 bridgehead atoms. The Morgan fingerprint density at radius 2 is 2.00 bits per heavy atom. The number of carbonyl (C=O) groups is 1. The molecule has 0 spiro atoms. The van der Waals surface area contributed by atoms with Crippen LogP contribution in [0.5, 0.6) is 0 Å². The van der Waals surface area contributed by atoms with Gasteiger partial charge in [0.1, 0.15) is 17.0 Å². The molecule has 1 aliphatic heterocycles. The number of hydrogen-bond donors (Lipinski definition) is 0. The van der Waals surface area contributed by atoms with E-state index in [9.17, 15) is 17.6 Å². The number of rotatable bonds is 0. The van der Waals surface area contributed by atoms with E-state index < -0.39 is 26.9 Å². The van der Waals surface area contributed by atoms with Crippen molar-refractivity contribution in [2.24, 2.45) is 9.98 Å². The van der Waals surface area contributed by atoms with Crippen LogP contribution in [0.15, 0.2) is 33.5 Å². The molecule has 1 heterocycles. The minimum absolute atomic E-state index is 0.0156. The van der Waals surface area contributed by atoms with Crippen molar-refractivity contribution in [3.05, 3.63) is 23.6 Å². The molecule has 0 radical (unpaired) electrons. The fourth-order valence-electron chi connectivity index (χ4n) is 1.16. The molecule has 0 unspecified atom stereocenters. The summed E-state index contributed by atoms with van der Waals surface area (Å²) in [5.41, 5.74) is 0.0693. The van der Waals surface area contributed by atoms with E-state index in [-0.39, 0.29) is 11.3 Å². The van der Waals surface area contributed by atoms with Gasteiger partial charge in [0.05, 0.1) is 11.3 Å². The number of allylic oxidation sites excluding steroid dienone is 3. The van der Waals surface area contributed by atoms with Crippen LogP contribution in [0, 0.1) is 0 Å². The van der Waals surface area contributed by atoms with Gasteiger partial charge >= 0.3 is 0 Å². The lowest BCUT2D eigenvalue weighted by molar-refractivity contribution is -0.113. The maximum absolute atomic E-state index is 13.1. The zero-order valence-corrected chi connectivity index (χ0v) is 7.95. The Morgan fingerprint density at radius 3 is 2.67 bits per heavy atom. The van der Waals surface area contributed by atoms with Gasteiger partial charge in [-0.05, 0) is 6.08 Å². The van der Waals surface area contributed by atoms with E-state index in [4.69, 9.17) is 0 Å². The van der Waals surface area contributed by atoms with E-state index in [1.54, 1.807) is 0 Å². The minimum atomic E-state index is -2.72. The van der Waals surface area contributed by atoms with Crippen LogP contribution in [0.3, 0.4) is 0 Å². The predicted octanol–water partition coefficient (Wildman–Crippen LogP) is -0.159. The van der Waals surface area contributed by atoms with Gasteiger partial charge in [0.15, 0.2) is 0 Å². The summed E-state index contributed by atoms with van der Waals surface area (Å²) in [5, 5.41) is 0. The fraction of sp³-hybridized carbons (Fsp3) is 0. The highest BCUT2D eigenvalue weighted by Gasteiger charge is 2.24. The summed E-state index contributed by atoms with van der Waals surface area (Å²) in [5.74, 6) is -1.57. The molecule has 76 valence electrons. The molecule has 0 aromatic carbocycles. The fourth-order valence-corrected chi connectivity index (χ4v) is 1.59. The molecule has 0 saturated carbocycles. The zero-order valence-electron chi connectivity index (χ0n) is 7.14. The van der Waals surface area contributed by atoms with Crippen LogP contribution in [0.4, 0.5) is 4.39 Å². The van der Waals surface area contributed by atoms with E-state index in [1.807, 2.05) is 0 Å². The topological polar surface area (TPSA) is 75.9 Å². The molecule has 15 heavy (non-hydrogen) atoms. The zero-order chi connectivity index (χ0) is 11.0. The van der Waals surface area contributed by atoms with Crippen molar-refractivity contribution >= 4 is 33.1 Å². The smallest absolute Gasteiger partial charge is 0.267 e. The number of fused-ring (bicyclic) bond motifs is 1. The molecule has 1 amide bonds. The lowest BCUT2D eigenvalue weighted by Crippen LogP contribution is -2.20. The van der Waals surface area contributed by atoms with Crippen LogP contribution >= 0.6 is 0 Å². The first kappa shape index (κ1) is 9.66. The van der Waals surface area contributed by atoms with E-state index in [2.05, 4.69) is 9.98 Å². The van der Waals surface area contributed by atoms with Crippen LogP contribution in [-0.2, 0) is 15.1 Å². The number of halogens is 1. The molecule has 0 N–H and O–H groups in total. The van der Waals surface area contributed by atoms with Crippen LogP contribution < -0.4 is 0 Å². The summed E-state index contributed by atoms with van der Waals surface area (Å²) in [6.07, 6.45) is 2.82. The molecule has 0 atom stereocenters. The van der Waals surface area contributed by atoms with E-state index in [1.165, 1.54) is 0 Å². The highest BCUT2D eigenvalue weighted by atomic mass is 32.2. The van der Waals surface area contributed by atoms with Gasteiger partial charge in [-0.3, -0.25) is 4.79 Å². The Labute approximate surface area is 84.9 Å². The SMILES string of the molecule is O=C1N=CN=C2C=C(F)C(=S(=O)=O)C=C12. The Morgan fingerprint density at radius 1 is 1.27 bits per heavy atom. The molecule has 0 aromatic rings. The maximum Gasteiger partial charge on any atom is 0.280 e. The number of nitrogens with zero attached hydrogens (tertiary/aromatic N) is 2. The summed E-state index contributed by atoms with van der Waals surface area (Å²) < 4.78 is 34.3. The lowest BCUT2D eigenvalue weighted by atomic mass is 10.0. The van der Waals surface area contributed by atoms with Crippen LogP contribution in [0.25, 0.3) is 0 Å². The molecule has 5 nitrogen and oxygen atoms in total. The van der Waals surface area contributed by atoms with Crippen molar-refractivity contribution < 1.29 is 17.6 Å². The minimum Gasteiger partial charge on any atom is -0.267 e. The molecule has 7 heteroatoms. The second kappa shape index (κ2) is 3.35. The van der Waals surface area contributed by atoms with Crippen molar-refractivity contribution in [3.8, 4) is 0 Å². The van der Waals surface area contributed by atoms with E-state index >= 15 is 0 Å². The summed E-state index contributed by atoms with van der Waals surface area (Å²) >= 11 is 0. The van der Waals surface area contributed by atoms with Crippen LogP contribution in [-0.4, -0.2) is 31.2 Å². The molecule has 0 saturated heterocycles. The van der Waals surface area contributed by atoms with E-state index in [0.717, 1.165) is 18.5 Å². The van der Waals surface area contributed by atoms with Gasteiger partial charge in [-0.2, -0.15) is 13.4 Å². The number of aliphatic imine (C=N–C) groups is 2. The highest BCUT2D eigenvalue weighted by molar-refractivity contribution is 7.73. The summed E-state index contributed by atoms with van der Waals surface area (Å²) in [7, 11) is -2.72. The van der Waals surface area contributed by atoms with Gasteiger partial charge in [-0.25, -0.2) is 9.38 Å². The lowest BCUT2D eigenvalue weighted by Gasteiger charge is -2.10. The summed E-state index contributed by atoms with van der Waals surface area (Å²) in [4.78, 5) is 17.6. The van der Waals surface area contributed by atoms with Crippen molar-refractivity contribution in [1.29, 1.82) is 0 Å². The predicted molar refractivity (Wildman–Crippen MR) is 52.1 cm³/mol. The standard InChI is InChI=1S/C8H3FN2O3S/c9-5-2-6-4(1-7(5)15(13)14)8(12)11-3-10-6/h1-3H.